The average Bonchev–Trinajstić information content (AvgIpc) is 3.31. The smallest absolute Gasteiger partial charge is 0.202 e. The van der Waals surface area contributed by atoms with Crippen molar-refractivity contribution < 1.29 is 9.53 Å². The van der Waals surface area contributed by atoms with Crippen LogP contribution in [0.1, 0.15) is 40.6 Å². The number of hydrogen-bond acceptors (Lipinski definition) is 4. The van der Waals surface area contributed by atoms with Gasteiger partial charge in [0, 0.05) is 30.9 Å². The van der Waals surface area contributed by atoms with E-state index < -0.39 is 0 Å². The summed E-state index contributed by atoms with van der Waals surface area (Å²) >= 11 is 0. The third kappa shape index (κ3) is 3.02. The molecule has 0 unspecified atom stereocenters. The number of aromatic amines is 2. The van der Waals surface area contributed by atoms with Gasteiger partial charge in [-0.1, -0.05) is 30.3 Å². The highest BCUT2D eigenvalue weighted by molar-refractivity contribution is 6.00. The van der Waals surface area contributed by atoms with Crippen LogP contribution in [0, 0.1) is 0 Å². The maximum absolute atomic E-state index is 12.6. The topological polar surface area (TPSA) is 83.7 Å². The molecule has 6 heteroatoms. The Bertz CT molecular complexity index is 1110. The number of carbonyl (C=O) groups is 1. The first-order valence-electron chi connectivity index (χ1n) is 9.30. The summed E-state index contributed by atoms with van der Waals surface area (Å²) in [4.78, 5) is 20.3. The van der Waals surface area contributed by atoms with E-state index in [2.05, 4.69) is 20.2 Å². The van der Waals surface area contributed by atoms with Crippen LogP contribution in [-0.4, -0.2) is 39.2 Å². The second-order valence-corrected chi connectivity index (χ2v) is 7.08. The number of hydrogen-bond donors (Lipinski definition) is 2. The number of rotatable bonds is 4. The minimum absolute atomic E-state index is 0.0103. The molecule has 0 aliphatic carbocycles. The normalized spacial score (nSPS) is 15.6. The molecule has 0 radical (unpaired) electrons. The van der Waals surface area contributed by atoms with Gasteiger partial charge in [0.15, 0.2) is 5.82 Å². The Morgan fingerprint density at radius 2 is 1.93 bits per heavy atom. The quantitative estimate of drug-likeness (QED) is 0.543. The highest BCUT2D eigenvalue weighted by Gasteiger charge is 2.22. The van der Waals surface area contributed by atoms with Gasteiger partial charge in [-0.15, -0.1) is 0 Å². The summed E-state index contributed by atoms with van der Waals surface area (Å²) in [6.07, 6.45) is 2.31. The van der Waals surface area contributed by atoms with Gasteiger partial charge in [0.05, 0.1) is 22.2 Å². The summed E-state index contributed by atoms with van der Waals surface area (Å²) in [5.74, 6) is 0.800. The van der Waals surface area contributed by atoms with Crippen molar-refractivity contribution in [1.29, 1.82) is 0 Å². The Hall–Kier alpha value is -2.99. The number of ketones is 1. The number of benzene rings is 2. The van der Waals surface area contributed by atoms with E-state index in [0.29, 0.717) is 18.2 Å². The van der Waals surface area contributed by atoms with E-state index >= 15 is 0 Å². The molecule has 136 valence electrons. The second-order valence-electron chi connectivity index (χ2n) is 7.08. The molecule has 27 heavy (non-hydrogen) atoms. The third-order valence-electron chi connectivity index (χ3n) is 5.27. The lowest BCUT2D eigenvalue weighted by molar-refractivity contribution is 0.0847. The van der Waals surface area contributed by atoms with E-state index in [4.69, 9.17) is 4.74 Å². The van der Waals surface area contributed by atoms with Crippen LogP contribution in [0.2, 0.25) is 0 Å². The zero-order valence-corrected chi connectivity index (χ0v) is 14.9. The Kier molecular flexibility index (Phi) is 3.98. The largest absolute Gasteiger partial charge is 0.381 e. The molecular formula is C21H20N4O2. The maximum Gasteiger partial charge on any atom is 0.202 e. The SMILES string of the molecule is O=C(Cc1ccccc1)c1nc2cc3c(C4CCOCC4)n[nH]c3cc2[nH]1. The van der Waals surface area contributed by atoms with Gasteiger partial charge in [0.1, 0.15) is 0 Å². The van der Waals surface area contributed by atoms with E-state index in [1.807, 2.05) is 42.5 Å². The van der Waals surface area contributed by atoms with Crippen LogP contribution >= 0.6 is 0 Å². The van der Waals surface area contributed by atoms with Crippen LogP contribution < -0.4 is 0 Å². The Labute approximate surface area is 156 Å². The zero-order valence-electron chi connectivity index (χ0n) is 14.9. The van der Waals surface area contributed by atoms with Crippen LogP contribution in [0.5, 0.6) is 0 Å². The van der Waals surface area contributed by atoms with E-state index in [1.54, 1.807) is 0 Å². The first-order chi connectivity index (χ1) is 13.3. The fraction of sp³-hybridized carbons (Fsp3) is 0.286. The number of Topliss-reactive ketones (excluding diaryl/α,β-unsaturated/α-hetero) is 1. The van der Waals surface area contributed by atoms with Crippen molar-refractivity contribution in [3.05, 3.63) is 59.5 Å². The van der Waals surface area contributed by atoms with Crippen molar-refractivity contribution >= 4 is 27.7 Å². The minimum atomic E-state index is -0.0103. The lowest BCUT2D eigenvalue weighted by Gasteiger charge is -2.20. The molecule has 0 atom stereocenters. The maximum atomic E-state index is 12.6. The number of nitrogens with one attached hydrogen (secondary N) is 2. The molecule has 0 spiro atoms. The summed E-state index contributed by atoms with van der Waals surface area (Å²) in [5.41, 5.74) is 4.68. The molecule has 1 aliphatic rings. The van der Waals surface area contributed by atoms with Gasteiger partial charge >= 0.3 is 0 Å². The number of aromatic nitrogens is 4. The first-order valence-corrected chi connectivity index (χ1v) is 9.30. The van der Waals surface area contributed by atoms with Gasteiger partial charge in [0.2, 0.25) is 5.78 Å². The molecule has 0 amide bonds. The van der Waals surface area contributed by atoms with Crippen LogP contribution in [-0.2, 0) is 11.2 Å². The molecule has 1 fully saturated rings. The standard InChI is InChI=1S/C21H20N4O2/c26-19(10-13-4-2-1-3-5-13)21-22-17-11-15-16(12-18(17)23-21)24-25-20(15)14-6-8-27-9-7-14/h1-5,11-12,14H,6-10H2,(H,22,23)(H,24,25). The predicted molar refractivity (Wildman–Crippen MR) is 103 cm³/mol. The van der Waals surface area contributed by atoms with Gasteiger partial charge in [-0.2, -0.15) is 5.10 Å². The van der Waals surface area contributed by atoms with Gasteiger partial charge < -0.3 is 9.72 Å². The van der Waals surface area contributed by atoms with E-state index in [-0.39, 0.29) is 5.78 Å². The van der Waals surface area contributed by atoms with Crippen molar-refractivity contribution in [1.82, 2.24) is 20.2 Å². The second kappa shape index (κ2) is 6.63. The van der Waals surface area contributed by atoms with Crippen LogP contribution in [0.4, 0.5) is 0 Å². The molecule has 0 saturated carbocycles. The minimum Gasteiger partial charge on any atom is -0.381 e. The zero-order chi connectivity index (χ0) is 18.2. The van der Waals surface area contributed by atoms with E-state index in [9.17, 15) is 4.79 Å². The van der Waals surface area contributed by atoms with Gasteiger partial charge in [-0.3, -0.25) is 9.89 Å². The van der Waals surface area contributed by atoms with Gasteiger partial charge in [-0.05, 0) is 30.5 Å². The number of nitrogens with zero attached hydrogens (tertiary/aromatic N) is 2. The Morgan fingerprint density at radius 1 is 1.11 bits per heavy atom. The monoisotopic (exact) mass is 360 g/mol. The summed E-state index contributed by atoms with van der Waals surface area (Å²) < 4.78 is 5.47. The Balaban J connectivity index is 1.49. The lowest BCUT2D eigenvalue weighted by atomic mass is 9.94. The number of imidazole rings is 1. The third-order valence-corrected chi connectivity index (χ3v) is 5.27. The van der Waals surface area contributed by atoms with E-state index in [0.717, 1.165) is 59.2 Å². The Morgan fingerprint density at radius 3 is 2.74 bits per heavy atom. The molecule has 6 nitrogen and oxygen atoms in total. The molecular weight excluding hydrogens is 340 g/mol. The summed E-state index contributed by atoms with van der Waals surface area (Å²) in [6, 6.07) is 13.8. The number of ether oxygens (including phenoxy) is 1. The first kappa shape index (κ1) is 16.2. The van der Waals surface area contributed by atoms with Crippen molar-refractivity contribution in [3.8, 4) is 0 Å². The molecule has 3 heterocycles. The van der Waals surface area contributed by atoms with Crippen LogP contribution in [0.15, 0.2) is 42.5 Å². The lowest BCUT2D eigenvalue weighted by Crippen LogP contribution is -2.14. The van der Waals surface area contributed by atoms with Crippen molar-refractivity contribution in [2.75, 3.05) is 13.2 Å². The van der Waals surface area contributed by atoms with Gasteiger partial charge in [0.25, 0.3) is 0 Å². The highest BCUT2D eigenvalue weighted by atomic mass is 16.5. The summed E-state index contributed by atoms with van der Waals surface area (Å²) in [7, 11) is 0. The summed E-state index contributed by atoms with van der Waals surface area (Å²) in [5, 5.41) is 8.76. The molecule has 2 N–H and O–H groups in total. The van der Waals surface area contributed by atoms with E-state index in [1.165, 1.54) is 0 Å². The molecule has 1 aliphatic heterocycles. The highest BCUT2D eigenvalue weighted by Crippen LogP contribution is 2.32. The van der Waals surface area contributed by atoms with Crippen LogP contribution in [0.3, 0.4) is 0 Å². The molecule has 2 aromatic carbocycles. The van der Waals surface area contributed by atoms with Crippen LogP contribution in [0.25, 0.3) is 21.9 Å². The number of H-pyrrole nitrogens is 2. The molecule has 0 bridgehead atoms. The fourth-order valence-corrected chi connectivity index (χ4v) is 3.82. The van der Waals surface area contributed by atoms with Crippen molar-refractivity contribution in [2.24, 2.45) is 0 Å². The number of fused-ring (bicyclic) bond motifs is 2. The van der Waals surface area contributed by atoms with Gasteiger partial charge in [-0.25, -0.2) is 4.98 Å². The fourth-order valence-electron chi connectivity index (χ4n) is 3.82. The number of carbonyl (C=O) groups excluding carboxylic acids is 1. The predicted octanol–water partition coefficient (Wildman–Crippen LogP) is 3.76. The van der Waals surface area contributed by atoms with Crippen molar-refractivity contribution in [2.45, 2.75) is 25.2 Å². The molecule has 2 aromatic heterocycles. The molecule has 4 aromatic rings. The summed E-state index contributed by atoms with van der Waals surface area (Å²) in [6.45, 7) is 1.56. The van der Waals surface area contributed by atoms with Crippen molar-refractivity contribution in [3.63, 3.8) is 0 Å². The molecule has 1 saturated heterocycles. The average molecular weight is 360 g/mol. The molecule has 5 rings (SSSR count).